The third-order valence-electron chi connectivity index (χ3n) is 7.48. The molecule has 2 aromatic carbocycles. The van der Waals surface area contributed by atoms with Gasteiger partial charge in [-0.3, -0.25) is 23.6 Å². The highest BCUT2D eigenvalue weighted by molar-refractivity contribution is 7.22. The lowest BCUT2D eigenvalue weighted by molar-refractivity contribution is -0.121. The molecule has 15 heteroatoms. The average molecular weight is 654 g/mol. The van der Waals surface area contributed by atoms with Crippen LogP contribution in [0.25, 0.3) is 20.7 Å². The summed E-state index contributed by atoms with van der Waals surface area (Å²) in [5, 5.41) is 11.7. The molecule has 242 valence electrons. The number of fused-ring (bicyclic) bond motifs is 1. The molecule has 0 spiro atoms. The SMILES string of the molecule is COCCN(C)Cc1c(-c2ccc(CC(=O)COC)cc2)sc2c1c(=O)n(CCn1ncnn1)c(=O)n2Cc1c(F)cccc1F. The van der Waals surface area contributed by atoms with Crippen LogP contribution in [0, 0.1) is 11.6 Å². The molecule has 0 fully saturated rings. The van der Waals surface area contributed by atoms with E-state index >= 15 is 0 Å². The quantitative estimate of drug-likeness (QED) is 0.168. The number of ether oxygens (including phenoxy) is 2. The van der Waals surface area contributed by atoms with Gasteiger partial charge in [-0.15, -0.1) is 21.5 Å². The van der Waals surface area contributed by atoms with E-state index in [1.165, 1.54) is 40.2 Å². The zero-order valence-corrected chi connectivity index (χ0v) is 26.4. The number of hydrogen-bond donors (Lipinski definition) is 0. The molecule has 0 saturated heterocycles. The van der Waals surface area contributed by atoms with Gasteiger partial charge in [-0.2, -0.15) is 4.80 Å². The Morgan fingerprint density at radius 2 is 1.72 bits per heavy atom. The third kappa shape index (κ3) is 7.17. The summed E-state index contributed by atoms with van der Waals surface area (Å²) in [6.45, 7) is 0.865. The Morgan fingerprint density at radius 1 is 0.978 bits per heavy atom. The highest BCUT2D eigenvalue weighted by Crippen LogP contribution is 2.38. The first-order valence-corrected chi connectivity index (χ1v) is 15.2. The molecule has 12 nitrogen and oxygen atoms in total. The van der Waals surface area contributed by atoms with E-state index in [9.17, 15) is 23.2 Å². The number of hydrogen-bond acceptors (Lipinski definition) is 10. The number of tetrazole rings is 1. The van der Waals surface area contributed by atoms with Crippen molar-refractivity contribution < 1.29 is 23.0 Å². The molecule has 0 aliphatic rings. The van der Waals surface area contributed by atoms with E-state index in [0.717, 1.165) is 27.8 Å². The molecular weight excluding hydrogens is 620 g/mol. The summed E-state index contributed by atoms with van der Waals surface area (Å²) in [5.41, 5.74) is 0.647. The minimum atomic E-state index is -0.806. The average Bonchev–Trinajstić information content (AvgIpc) is 3.68. The number of carbonyl (C=O) groups is 1. The normalized spacial score (nSPS) is 11.6. The molecule has 0 atom stereocenters. The second-order valence-electron chi connectivity index (χ2n) is 10.7. The van der Waals surface area contributed by atoms with Crippen molar-refractivity contribution in [2.24, 2.45) is 0 Å². The van der Waals surface area contributed by atoms with Crippen molar-refractivity contribution in [2.45, 2.75) is 32.6 Å². The molecule has 5 aromatic rings. The second-order valence-corrected chi connectivity index (χ2v) is 11.7. The minimum Gasteiger partial charge on any atom is -0.383 e. The van der Waals surface area contributed by atoms with Crippen LogP contribution in [0.3, 0.4) is 0 Å². The molecule has 3 aromatic heterocycles. The van der Waals surface area contributed by atoms with Gasteiger partial charge in [0.1, 0.15) is 23.1 Å². The standard InChI is InChI=1S/C31H33F2N7O5S/c1-37(13-14-44-2)16-24-27-29(42)38(11-12-40-35-19-34-36-40)31(43)39(17-23-25(32)5-4-6-26(23)33)30(27)46-28(24)21-9-7-20(8-10-21)15-22(41)18-45-3/h4-10,19H,11-18H2,1-3H3. The van der Waals surface area contributed by atoms with Crippen molar-refractivity contribution in [3.8, 4) is 10.4 Å². The van der Waals surface area contributed by atoms with Gasteiger partial charge in [0.15, 0.2) is 12.1 Å². The van der Waals surface area contributed by atoms with Gasteiger partial charge in [0.2, 0.25) is 0 Å². The summed E-state index contributed by atoms with van der Waals surface area (Å²) in [6.07, 6.45) is 1.44. The Hall–Kier alpha value is -4.44. The molecule has 3 heterocycles. The Morgan fingerprint density at radius 3 is 2.37 bits per heavy atom. The van der Waals surface area contributed by atoms with Crippen LogP contribution in [0.4, 0.5) is 8.78 Å². The number of carbonyl (C=O) groups excluding carboxylic acids is 1. The molecule has 46 heavy (non-hydrogen) atoms. The summed E-state index contributed by atoms with van der Waals surface area (Å²) in [4.78, 5) is 44.5. The van der Waals surface area contributed by atoms with Gasteiger partial charge < -0.3 is 9.47 Å². The molecule has 0 bridgehead atoms. The molecule has 0 aliphatic heterocycles. The first kappa shape index (κ1) is 32.9. The van der Waals surface area contributed by atoms with Crippen LogP contribution in [0.15, 0.2) is 58.4 Å². The number of benzene rings is 2. The van der Waals surface area contributed by atoms with Gasteiger partial charge in [-0.1, -0.05) is 30.3 Å². The van der Waals surface area contributed by atoms with E-state index in [0.29, 0.717) is 30.1 Å². The number of thiophene rings is 1. The van der Waals surface area contributed by atoms with Crippen LogP contribution in [0.2, 0.25) is 0 Å². The van der Waals surface area contributed by atoms with Crippen LogP contribution < -0.4 is 11.2 Å². The Balaban J connectivity index is 1.71. The van der Waals surface area contributed by atoms with Gasteiger partial charge in [0.25, 0.3) is 5.56 Å². The summed E-state index contributed by atoms with van der Waals surface area (Å²) in [7, 11) is 4.95. The molecule has 0 N–H and O–H groups in total. The largest absolute Gasteiger partial charge is 0.383 e. The van der Waals surface area contributed by atoms with Gasteiger partial charge >= 0.3 is 5.69 Å². The number of rotatable bonds is 15. The zero-order valence-electron chi connectivity index (χ0n) is 25.6. The highest BCUT2D eigenvalue weighted by atomic mass is 32.1. The van der Waals surface area contributed by atoms with Crippen molar-refractivity contribution in [3.05, 3.63) is 98.0 Å². The van der Waals surface area contributed by atoms with Crippen molar-refractivity contribution in [3.63, 3.8) is 0 Å². The highest BCUT2D eigenvalue weighted by Gasteiger charge is 2.25. The maximum atomic E-state index is 14.9. The van der Waals surface area contributed by atoms with E-state index in [-0.39, 0.29) is 47.7 Å². The van der Waals surface area contributed by atoms with Crippen molar-refractivity contribution >= 4 is 27.3 Å². The van der Waals surface area contributed by atoms with E-state index < -0.39 is 29.4 Å². The minimum absolute atomic E-state index is 0.00933. The zero-order chi connectivity index (χ0) is 32.8. The molecule has 0 amide bonds. The number of aryl methyl sites for hydroxylation is 1. The molecule has 0 aliphatic carbocycles. The summed E-state index contributed by atoms with van der Waals surface area (Å²) >= 11 is 1.20. The van der Waals surface area contributed by atoms with Crippen LogP contribution in [0.5, 0.6) is 0 Å². The number of likely N-dealkylation sites (N-methyl/N-ethyl adjacent to an activating group) is 1. The summed E-state index contributed by atoms with van der Waals surface area (Å²) in [6, 6.07) is 10.9. The number of Topliss-reactive ketones (excluding diaryl/α,β-unsaturated/α-hetero) is 1. The summed E-state index contributed by atoms with van der Waals surface area (Å²) < 4.78 is 42.3. The maximum absolute atomic E-state index is 14.9. The van der Waals surface area contributed by atoms with Crippen molar-refractivity contribution in [2.75, 3.05) is 41.0 Å². The van der Waals surface area contributed by atoms with Gasteiger partial charge in [-0.05, 0) is 41.1 Å². The first-order valence-electron chi connectivity index (χ1n) is 14.4. The Kier molecular flexibility index (Phi) is 10.6. The third-order valence-corrected chi connectivity index (χ3v) is 8.78. The fourth-order valence-electron chi connectivity index (χ4n) is 5.17. The smallest absolute Gasteiger partial charge is 0.332 e. The Labute approximate surface area is 266 Å². The van der Waals surface area contributed by atoms with E-state index in [1.807, 2.05) is 36.2 Å². The summed E-state index contributed by atoms with van der Waals surface area (Å²) in [5.74, 6) is -1.68. The van der Waals surface area contributed by atoms with Crippen molar-refractivity contribution in [1.82, 2.24) is 34.2 Å². The lowest BCUT2D eigenvalue weighted by atomic mass is 10.0. The monoisotopic (exact) mass is 653 g/mol. The predicted octanol–water partition coefficient (Wildman–Crippen LogP) is 2.74. The topological polar surface area (TPSA) is 126 Å². The lowest BCUT2D eigenvalue weighted by Crippen LogP contribution is -2.41. The van der Waals surface area contributed by atoms with Crippen molar-refractivity contribution in [1.29, 1.82) is 0 Å². The fraction of sp³-hybridized carbons (Fsp3) is 0.355. The molecule has 0 unspecified atom stereocenters. The number of halogens is 2. The first-order chi connectivity index (χ1) is 22.2. The van der Waals surface area contributed by atoms with Crippen LogP contribution >= 0.6 is 11.3 Å². The predicted molar refractivity (Wildman–Crippen MR) is 168 cm³/mol. The number of nitrogens with zero attached hydrogens (tertiary/aromatic N) is 7. The van der Waals surface area contributed by atoms with E-state index in [4.69, 9.17) is 9.47 Å². The van der Waals surface area contributed by atoms with Crippen LogP contribution in [-0.2, 0) is 46.9 Å². The maximum Gasteiger partial charge on any atom is 0.332 e. The number of ketones is 1. The van der Waals surface area contributed by atoms with Gasteiger partial charge in [-0.25, -0.2) is 13.6 Å². The molecule has 5 rings (SSSR count). The van der Waals surface area contributed by atoms with E-state index in [2.05, 4.69) is 15.4 Å². The van der Waals surface area contributed by atoms with Crippen LogP contribution in [-0.4, -0.2) is 81.1 Å². The van der Waals surface area contributed by atoms with Gasteiger partial charge in [0.05, 0.1) is 31.6 Å². The van der Waals surface area contributed by atoms with Gasteiger partial charge in [0, 0.05) is 44.2 Å². The fourth-order valence-corrected chi connectivity index (χ4v) is 6.47. The molecular formula is C31H33F2N7O5S. The molecule has 0 radical (unpaired) electrons. The lowest BCUT2D eigenvalue weighted by Gasteiger charge is -2.17. The number of methoxy groups -OCH3 is 2. The Bertz CT molecular complexity index is 1920. The van der Waals surface area contributed by atoms with Crippen LogP contribution in [0.1, 0.15) is 16.7 Å². The second kappa shape index (κ2) is 14.8. The molecule has 0 saturated carbocycles. The van der Waals surface area contributed by atoms with E-state index in [1.54, 1.807) is 7.11 Å². The number of aromatic nitrogens is 6.